The zero-order chi connectivity index (χ0) is 13.1. The fraction of sp³-hybridized carbons (Fsp3) is 0.692. The van der Waals surface area contributed by atoms with Gasteiger partial charge < -0.3 is 10.6 Å². The third-order valence-electron chi connectivity index (χ3n) is 3.53. The number of hydrogen-bond acceptors (Lipinski definition) is 3. The van der Waals surface area contributed by atoms with Crippen LogP contribution in [-0.2, 0) is 11.3 Å². The van der Waals surface area contributed by atoms with E-state index in [2.05, 4.69) is 5.10 Å². The molecule has 0 atom stereocenters. The number of likely N-dealkylation sites (tertiary alicyclic amines) is 1. The van der Waals surface area contributed by atoms with E-state index in [9.17, 15) is 4.79 Å². The third-order valence-corrected chi connectivity index (χ3v) is 3.53. The Kier molecular flexibility index (Phi) is 4.01. The molecule has 2 heterocycles. The van der Waals surface area contributed by atoms with E-state index < -0.39 is 0 Å². The van der Waals surface area contributed by atoms with Crippen LogP contribution in [0, 0.1) is 13.8 Å². The highest BCUT2D eigenvalue weighted by atomic mass is 16.2. The van der Waals surface area contributed by atoms with Crippen LogP contribution in [0.15, 0.2) is 6.07 Å². The van der Waals surface area contributed by atoms with Crippen molar-refractivity contribution in [2.24, 2.45) is 5.73 Å². The Bertz CT molecular complexity index is 419. The van der Waals surface area contributed by atoms with Gasteiger partial charge in [-0.1, -0.05) is 0 Å². The first-order chi connectivity index (χ1) is 8.56. The number of nitrogens with zero attached hydrogens (tertiary/aromatic N) is 3. The van der Waals surface area contributed by atoms with Gasteiger partial charge in [-0.3, -0.25) is 9.48 Å². The molecule has 2 rings (SSSR count). The standard InChI is InChI=1S/C13H22N4O/c1-10-9-11(2)17(15-10)8-5-13(18)16-6-3-12(14)4-7-16/h9,12H,3-8,14H2,1-2H3. The highest BCUT2D eigenvalue weighted by molar-refractivity contribution is 5.76. The summed E-state index contributed by atoms with van der Waals surface area (Å²) in [6, 6.07) is 2.30. The van der Waals surface area contributed by atoms with Crippen molar-refractivity contribution in [3.05, 3.63) is 17.5 Å². The molecule has 1 aliphatic rings. The number of piperidine rings is 1. The number of aryl methyl sites for hydroxylation is 3. The SMILES string of the molecule is Cc1cc(C)n(CCC(=O)N2CCC(N)CC2)n1. The molecule has 1 aromatic rings. The number of rotatable bonds is 3. The Hall–Kier alpha value is -1.36. The van der Waals surface area contributed by atoms with Gasteiger partial charge in [-0.15, -0.1) is 0 Å². The van der Waals surface area contributed by atoms with E-state index >= 15 is 0 Å². The first kappa shape index (κ1) is 13.1. The molecule has 1 aromatic heterocycles. The molecule has 1 saturated heterocycles. The van der Waals surface area contributed by atoms with Crippen LogP contribution in [0.2, 0.25) is 0 Å². The van der Waals surface area contributed by atoms with E-state index in [1.165, 1.54) is 0 Å². The van der Waals surface area contributed by atoms with E-state index in [-0.39, 0.29) is 11.9 Å². The molecule has 0 saturated carbocycles. The lowest BCUT2D eigenvalue weighted by Crippen LogP contribution is -2.43. The Morgan fingerprint density at radius 1 is 1.44 bits per heavy atom. The lowest BCUT2D eigenvalue weighted by molar-refractivity contribution is -0.132. The van der Waals surface area contributed by atoms with Crippen molar-refractivity contribution < 1.29 is 4.79 Å². The van der Waals surface area contributed by atoms with E-state index in [4.69, 9.17) is 5.73 Å². The third kappa shape index (κ3) is 3.10. The van der Waals surface area contributed by atoms with Crippen molar-refractivity contribution in [1.29, 1.82) is 0 Å². The average Bonchev–Trinajstić information content (AvgIpc) is 2.66. The molecule has 18 heavy (non-hydrogen) atoms. The molecule has 1 fully saturated rings. The van der Waals surface area contributed by atoms with Gasteiger partial charge in [0, 0.05) is 37.8 Å². The smallest absolute Gasteiger partial charge is 0.224 e. The fourth-order valence-electron chi connectivity index (χ4n) is 2.41. The molecule has 5 heteroatoms. The highest BCUT2D eigenvalue weighted by Crippen LogP contribution is 2.10. The van der Waals surface area contributed by atoms with Crippen LogP contribution in [-0.4, -0.2) is 39.7 Å². The number of carbonyl (C=O) groups excluding carboxylic acids is 1. The van der Waals surface area contributed by atoms with Gasteiger partial charge in [0.15, 0.2) is 0 Å². The Morgan fingerprint density at radius 3 is 2.67 bits per heavy atom. The molecule has 0 radical (unpaired) electrons. The lowest BCUT2D eigenvalue weighted by Gasteiger charge is -2.30. The maximum Gasteiger partial charge on any atom is 0.224 e. The number of aromatic nitrogens is 2. The summed E-state index contributed by atoms with van der Waals surface area (Å²) in [5, 5.41) is 4.37. The van der Waals surface area contributed by atoms with Crippen molar-refractivity contribution in [3.8, 4) is 0 Å². The van der Waals surface area contributed by atoms with Crippen LogP contribution < -0.4 is 5.73 Å². The van der Waals surface area contributed by atoms with Crippen LogP contribution in [0.4, 0.5) is 0 Å². The van der Waals surface area contributed by atoms with Gasteiger partial charge in [-0.25, -0.2) is 0 Å². The number of carbonyl (C=O) groups is 1. The summed E-state index contributed by atoms with van der Waals surface area (Å²) in [4.78, 5) is 14.0. The molecule has 0 aliphatic carbocycles. The normalized spacial score (nSPS) is 17.2. The largest absolute Gasteiger partial charge is 0.343 e. The predicted octanol–water partition coefficient (Wildman–Crippen LogP) is 0.840. The second-order valence-corrected chi connectivity index (χ2v) is 5.12. The zero-order valence-corrected chi connectivity index (χ0v) is 11.2. The molecule has 1 aliphatic heterocycles. The second-order valence-electron chi connectivity index (χ2n) is 5.12. The van der Waals surface area contributed by atoms with Crippen LogP contribution in [0.5, 0.6) is 0 Å². The monoisotopic (exact) mass is 250 g/mol. The van der Waals surface area contributed by atoms with Gasteiger partial charge in [-0.05, 0) is 32.8 Å². The minimum atomic E-state index is 0.217. The van der Waals surface area contributed by atoms with Crippen molar-refractivity contribution >= 4 is 5.91 Å². The van der Waals surface area contributed by atoms with E-state index in [1.807, 2.05) is 29.5 Å². The number of amides is 1. The topological polar surface area (TPSA) is 64.2 Å². The molecular weight excluding hydrogens is 228 g/mol. The maximum absolute atomic E-state index is 12.0. The summed E-state index contributed by atoms with van der Waals surface area (Å²) >= 11 is 0. The summed E-state index contributed by atoms with van der Waals surface area (Å²) in [5.74, 6) is 0.217. The van der Waals surface area contributed by atoms with Crippen molar-refractivity contribution in [2.75, 3.05) is 13.1 Å². The van der Waals surface area contributed by atoms with E-state index in [0.717, 1.165) is 37.3 Å². The maximum atomic E-state index is 12.0. The minimum Gasteiger partial charge on any atom is -0.343 e. The van der Waals surface area contributed by atoms with Crippen molar-refractivity contribution in [1.82, 2.24) is 14.7 Å². The molecule has 5 nitrogen and oxygen atoms in total. The average molecular weight is 250 g/mol. The van der Waals surface area contributed by atoms with Gasteiger partial charge >= 0.3 is 0 Å². The molecule has 1 amide bonds. The highest BCUT2D eigenvalue weighted by Gasteiger charge is 2.20. The Balaban J connectivity index is 1.83. The van der Waals surface area contributed by atoms with Crippen LogP contribution in [0.1, 0.15) is 30.7 Å². The zero-order valence-electron chi connectivity index (χ0n) is 11.2. The fourth-order valence-corrected chi connectivity index (χ4v) is 2.41. The quantitative estimate of drug-likeness (QED) is 0.864. The van der Waals surface area contributed by atoms with E-state index in [0.29, 0.717) is 13.0 Å². The van der Waals surface area contributed by atoms with Gasteiger partial charge in [-0.2, -0.15) is 5.10 Å². The van der Waals surface area contributed by atoms with Gasteiger partial charge in [0.25, 0.3) is 0 Å². The second kappa shape index (κ2) is 5.52. The first-order valence-corrected chi connectivity index (χ1v) is 6.60. The summed E-state index contributed by atoms with van der Waals surface area (Å²) in [7, 11) is 0. The lowest BCUT2D eigenvalue weighted by atomic mass is 10.1. The first-order valence-electron chi connectivity index (χ1n) is 6.60. The van der Waals surface area contributed by atoms with E-state index in [1.54, 1.807) is 0 Å². The minimum absolute atomic E-state index is 0.217. The summed E-state index contributed by atoms with van der Waals surface area (Å²) in [5.41, 5.74) is 7.95. The predicted molar refractivity (Wildman–Crippen MR) is 70.1 cm³/mol. The molecular formula is C13H22N4O. The number of hydrogen-bond donors (Lipinski definition) is 1. The van der Waals surface area contributed by atoms with Gasteiger partial charge in [0.2, 0.25) is 5.91 Å². The molecule has 0 bridgehead atoms. The summed E-state index contributed by atoms with van der Waals surface area (Å²) < 4.78 is 1.91. The van der Waals surface area contributed by atoms with Crippen LogP contribution >= 0.6 is 0 Å². The van der Waals surface area contributed by atoms with Crippen LogP contribution in [0.3, 0.4) is 0 Å². The summed E-state index contributed by atoms with van der Waals surface area (Å²) in [6.45, 7) is 6.26. The molecule has 0 spiro atoms. The van der Waals surface area contributed by atoms with Crippen molar-refractivity contribution in [2.45, 2.75) is 45.7 Å². The molecule has 100 valence electrons. The van der Waals surface area contributed by atoms with Gasteiger partial charge in [0.1, 0.15) is 0 Å². The molecule has 0 unspecified atom stereocenters. The van der Waals surface area contributed by atoms with Gasteiger partial charge in [0.05, 0.1) is 5.69 Å². The molecule has 0 aromatic carbocycles. The molecule has 2 N–H and O–H groups in total. The van der Waals surface area contributed by atoms with Crippen LogP contribution in [0.25, 0.3) is 0 Å². The Labute approximate surface area is 108 Å². The number of nitrogens with two attached hydrogens (primary N) is 1. The summed E-state index contributed by atoms with van der Waals surface area (Å²) in [6.07, 6.45) is 2.37. The Morgan fingerprint density at radius 2 is 2.11 bits per heavy atom. The van der Waals surface area contributed by atoms with Crippen molar-refractivity contribution in [3.63, 3.8) is 0 Å².